The zero-order chi connectivity index (χ0) is 27.6. The Morgan fingerprint density at radius 2 is 1.70 bits per heavy atom. The van der Waals surface area contributed by atoms with Crippen molar-refractivity contribution in [1.29, 1.82) is 0 Å². The number of amides is 3. The Balaban J connectivity index is 1.80. The van der Waals surface area contributed by atoms with Gasteiger partial charge in [-0.05, 0) is 36.1 Å². The van der Waals surface area contributed by atoms with Gasteiger partial charge in [0.2, 0.25) is 5.60 Å². The maximum absolute atomic E-state index is 13.1. The number of rotatable bonds is 8. The number of benzene rings is 2. The van der Waals surface area contributed by atoms with Crippen molar-refractivity contribution in [3.8, 4) is 11.1 Å². The van der Waals surface area contributed by atoms with Gasteiger partial charge in [0.25, 0.3) is 17.7 Å². The third-order valence-corrected chi connectivity index (χ3v) is 5.87. The van der Waals surface area contributed by atoms with Gasteiger partial charge < -0.3 is 26.2 Å². The minimum atomic E-state index is -5.83. The third kappa shape index (κ3) is 5.88. The molecule has 0 saturated carbocycles. The van der Waals surface area contributed by atoms with E-state index in [4.69, 9.17) is 0 Å². The molecule has 0 spiro atoms. The van der Waals surface area contributed by atoms with Gasteiger partial charge in [0, 0.05) is 30.8 Å². The second-order valence-corrected chi connectivity index (χ2v) is 8.62. The third-order valence-electron chi connectivity index (χ3n) is 5.87. The van der Waals surface area contributed by atoms with Crippen molar-refractivity contribution in [3.63, 3.8) is 0 Å². The Hall–Kier alpha value is -3.58. The lowest BCUT2D eigenvalue weighted by Gasteiger charge is -2.26. The Kier molecular flexibility index (Phi) is 7.89. The average Bonchev–Trinajstić information content (AvgIpc) is 2.92. The van der Waals surface area contributed by atoms with Crippen LogP contribution in [0.1, 0.15) is 30.5 Å². The maximum Gasteiger partial charge on any atom is 0.453 e. The van der Waals surface area contributed by atoms with Crippen LogP contribution < -0.4 is 16.0 Å². The summed E-state index contributed by atoms with van der Waals surface area (Å²) in [4.78, 5) is 38.2. The van der Waals surface area contributed by atoms with E-state index in [2.05, 4.69) is 10.6 Å². The number of hydrogen-bond acceptors (Lipinski definition) is 5. The molecule has 1 aliphatic rings. The van der Waals surface area contributed by atoms with Crippen molar-refractivity contribution in [2.45, 2.75) is 43.5 Å². The quantitative estimate of drug-likeness (QED) is 0.265. The molecule has 2 atom stereocenters. The summed E-state index contributed by atoms with van der Waals surface area (Å²) in [6.07, 6.45) is -7.29. The lowest BCUT2D eigenvalue weighted by atomic mass is 9.93. The lowest BCUT2D eigenvalue weighted by Crippen LogP contribution is -2.57. The number of alkyl halides is 5. The van der Waals surface area contributed by atoms with Gasteiger partial charge in [-0.3, -0.25) is 14.4 Å². The molecule has 8 nitrogen and oxygen atoms in total. The number of carbonyl (C=O) groups is 3. The molecule has 0 bridgehead atoms. The Morgan fingerprint density at radius 1 is 1.03 bits per heavy atom. The minimum Gasteiger partial charge on any atom is -0.396 e. The van der Waals surface area contributed by atoms with Crippen LogP contribution in [0.4, 0.5) is 27.6 Å². The Labute approximate surface area is 207 Å². The normalized spacial score (nSPS) is 17.0. The molecule has 2 aromatic rings. The van der Waals surface area contributed by atoms with Crippen LogP contribution in [0.5, 0.6) is 0 Å². The molecular weight excluding hydrogens is 505 g/mol. The van der Waals surface area contributed by atoms with Crippen molar-refractivity contribution in [2.75, 3.05) is 18.5 Å². The van der Waals surface area contributed by atoms with Gasteiger partial charge in [-0.2, -0.15) is 22.0 Å². The second-order valence-electron chi connectivity index (χ2n) is 8.62. The van der Waals surface area contributed by atoms with Crippen molar-refractivity contribution < 1.29 is 46.5 Å². The first kappa shape index (κ1) is 28.0. The highest BCUT2D eigenvalue weighted by Gasteiger charge is 2.56. The number of fused-ring (bicyclic) bond motifs is 3. The summed E-state index contributed by atoms with van der Waals surface area (Å²) >= 11 is 0. The summed E-state index contributed by atoms with van der Waals surface area (Å²) in [7, 11) is 0. The molecule has 200 valence electrons. The zero-order valence-corrected chi connectivity index (χ0v) is 19.5. The van der Waals surface area contributed by atoms with Gasteiger partial charge >= 0.3 is 12.1 Å². The van der Waals surface area contributed by atoms with E-state index >= 15 is 0 Å². The molecule has 1 heterocycles. The van der Waals surface area contributed by atoms with Crippen molar-refractivity contribution >= 4 is 23.4 Å². The molecule has 0 aliphatic carbocycles. The molecule has 37 heavy (non-hydrogen) atoms. The molecule has 0 radical (unpaired) electrons. The van der Waals surface area contributed by atoms with Crippen LogP contribution >= 0.6 is 0 Å². The molecule has 0 aromatic heterocycles. The number of carbonyl (C=O) groups excluding carboxylic acids is 3. The monoisotopic (exact) mass is 529 g/mol. The smallest absolute Gasteiger partial charge is 0.396 e. The summed E-state index contributed by atoms with van der Waals surface area (Å²) < 4.78 is 63.1. The number of nitrogens with one attached hydrogen (secondary N) is 3. The van der Waals surface area contributed by atoms with Crippen LogP contribution in [0.25, 0.3) is 11.1 Å². The van der Waals surface area contributed by atoms with E-state index in [1.165, 1.54) is 0 Å². The average molecular weight is 529 g/mol. The van der Waals surface area contributed by atoms with Gasteiger partial charge in [-0.15, -0.1) is 0 Å². The van der Waals surface area contributed by atoms with Crippen LogP contribution in [0, 0.1) is 0 Å². The van der Waals surface area contributed by atoms with E-state index in [9.17, 15) is 46.5 Å². The molecule has 13 heteroatoms. The molecule has 0 fully saturated rings. The van der Waals surface area contributed by atoms with Crippen LogP contribution in [0.2, 0.25) is 0 Å². The number of hydrogen-bond donors (Lipinski definition) is 5. The first-order valence-electron chi connectivity index (χ1n) is 11.1. The van der Waals surface area contributed by atoms with Crippen LogP contribution in [0.15, 0.2) is 42.5 Å². The highest BCUT2D eigenvalue weighted by atomic mass is 19.4. The molecule has 5 N–H and O–H groups in total. The van der Waals surface area contributed by atoms with Crippen molar-refractivity contribution in [3.05, 3.63) is 53.6 Å². The highest BCUT2D eigenvalue weighted by molar-refractivity contribution is 6.10. The first-order valence-corrected chi connectivity index (χ1v) is 11.1. The van der Waals surface area contributed by atoms with Gasteiger partial charge in [-0.1, -0.05) is 36.4 Å². The summed E-state index contributed by atoms with van der Waals surface area (Å²) in [6, 6.07) is 10.3. The Morgan fingerprint density at radius 3 is 2.35 bits per heavy atom. The van der Waals surface area contributed by atoms with Crippen molar-refractivity contribution in [1.82, 2.24) is 10.6 Å². The molecule has 3 amide bonds. The molecule has 3 rings (SSSR count). The fourth-order valence-electron chi connectivity index (χ4n) is 3.72. The van der Waals surface area contributed by atoms with Crippen LogP contribution in [-0.4, -0.2) is 58.8 Å². The highest BCUT2D eigenvalue weighted by Crippen LogP contribution is 2.39. The van der Waals surface area contributed by atoms with E-state index in [0.29, 0.717) is 28.8 Å². The molecule has 1 aliphatic heterocycles. The van der Waals surface area contributed by atoms with E-state index in [1.807, 2.05) is 0 Å². The van der Waals surface area contributed by atoms with Gasteiger partial charge in [0.15, 0.2) is 0 Å². The summed E-state index contributed by atoms with van der Waals surface area (Å²) in [5.74, 6) is -8.71. The topological polar surface area (TPSA) is 128 Å². The largest absolute Gasteiger partial charge is 0.453 e. The minimum absolute atomic E-state index is 0.118. The fourth-order valence-corrected chi connectivity index (χ4v) is 3.72. The van der Waals surface area contributed by atoms with Crippen LogP contribution in [0.3, 0.4) is 0 Å². The van der Waals surface area contributed by atoms with Gasteiger partial charge in [0.05, 0.1) is 0 Å². The number of aliphatic hydroxyl groups is 2. The molecule has 1 unspecified atom stereocenters. The molecule has 2 aromatic carbocycles. The fraction of sp³-hybridized carbons (Fsp3) is 0.375. The van der Waals surface area contributed by atoms with Gasteiger partial charge in [-0.25, -0.2) is 0 Å². The van der Waals surface area contributed by atoms with E-state index in [0.717, 1.165) is 12.5 Å². The summed E-state index contributed by atoms with van der Waals surface area (Å²) in [6.45, 7) is -0.573. The number of anilines is 1. The second kappa shape index (κ2) is 10.4. The molecular formula is C24H24F5N3O5. The maximum atomic E-state index is 13.1. The van der Waals surface area contributed by atoms with Crippen LogP contribution in [-0.2, 0) is 20.8 Å². The van der Waals surface area contributed by atoms with Gasteiger partial charge in [0.1, 0.15) is 6.04 Å². The molecule has 0 saturated heterocycles. The van der Waals surface area contributed by atoms with E-state index in [1.54, 1.807) is 47.8 Å². The SMILES string of the molecule is CC(O)(C(=O)NCCC(F)(F)C(F)(F)F)C(=O)N[C@@H]1C(=O)Nc2cc(CCO)ccc2-c2ccccc21. The predicted molar refractivity (Wildman–Crippen MR) is 121 cm³/mol. The summed E-state index contributed by atoms with van der Waals surface area (Å²) in [5, 5.41) is 26.3. The summed E-state index contributed by atoms with van der Waals surface area (Å²) in [5.41, 5.74) is -0.293. The number of halogens is 5. The van der Waals surface area contributed by atoms with E-state index in [-0.39, 0.29) is 6.61 Å². The van der Waals surface area contributed by atoms with Crippen molar-refractivity contribution in [2.24, 2.45) is 0 Å². The lowest BCUT2D eigenvalue weighted by molar-refractivity contribution is -0.283. The Bertz CT molecular complexity index is 1200. The zero-order valence-electron chi connectivity index (χ0n) is 19.5. The first-order chi connectivity index (χ1) is 17.2. The predicted octanol–water partition coefficient (Wildman–Crippen LogP) is 2.45. The van der Waals surface area contributed by atoms with E-state index < -0.39 is 54.4 Å². The standard InChI is InChI=1S/C24H24F5N3O5/c1-22(37,20(35)30-10-9-23(25,26)24(27,28)29)21(36)32-18-16-5-3-2-4-14(16)15-7-6-13(8-11-33)12-17(15)31-19(18)34/h2-7,12,18,33,37H,8-11H2,1H3,(H,30,35)(H,31,34)(H,32,36)/t18-,22?/m0/s1. The number of aliphatic hydroxyl groups excluding tert-OH is 1.